The minimum Gasteiger partial charge on any atom is -0.492 e. The molecule has 3 heterocycles. The fourth-order valence-electron chi connectivity index (χ4n) is 4.78. The molecular formula is C31H34Cl2N6O4. The van der Waals surface area contributed by atoms with Crippen LogP contribution in [0.5, 0.6) is 5.75 Å². The van der Waals surface area contributed by atoms with E-state index in [-0.39, 0.29) is 11.7 Å². The number of aromatic nitrogens is 3. The number of nitrogens with zero attached hydrogens (tertiary/aromatic N) is 5. The Bertz CT molecular complexity index is 1660. The molecule has 4 aromatic rings. The standard InChI is InChI=1S/C31H34Cl2N6O4/c1-31(2,3)43-30(41)39-14-12-38(13-15-39)16-17-42-22-10-8-21(9-11-22)35-29-34-19-20-18-23(28(40)37(4)27(20)36-29)26-24(32)6-5-7-25(26)33/h5-11,18-19H,12-17H2,1-4H3,(H,34,35,36). The summed E-state index contributed by atoms with van der Waals surface area (Å²) in [7, 11) is 1.66. The Morgan fingerprint density at radius 1 is 1.02 bits per heavy atom. The van der Waals surface area contributed by atoms with Crippen molar-refractivity contribution in [3.05, 3.63) is 75.1 Å². The van der Waals surface area contributed by atoms with Crippen LogP contribution in [0.2, 0.25) is 10.0 Å². The molecule has 1 aliphatic rings. The maximum Gasteiger partial charge on any atom is 0.410 e. The first-order valence-electron chi connectivity index (χ1n) is 14.0. The number of nitrogens with one attached hydrogen (secondary N) is 1. The highest BCUT2D eigenvalue weighted by molar-refractivity contribution is 6.39. The Hall–Kier alpha value is -3.86. The van der Waals surface area contributed by atoms with E-state index in [0.717, 1.165) is 31.1 Å². The van der Waals surface area contributed by atoms with Crippen molar-refractivity contribution in [3.63, 3.8) is 0 Å². The molecule has 226 valence electrons. The van der Waals surface area contributed by atoms with Crippen LogP contribution in [0.25, 0.3) is 22.2 Å². The molecule has 1 amide bonds. The van der Waals surface area contributed by atoms with Crippen LogP contribution in [0.3, 0.4) is 0 Å². The lowest BCUT2D eigenvalue weighted by molar-refractivity contribution is 0.0137. The van der Waals surface area contributed by atoms with Crippen LogP contribution in [0.1, 0.15) is 20.8 Å². The molecule has 1 saturated heterocycles. The zero-order valence-electron chi connectivity index (χ0n) is 24.6. The van der Waals surface area contributed by atoms with E-state index in [1.165, 1.54) is 4.57 Å². The minimum atomic E-state index is -0.492. The monoisotopic (exact) mass is 624 g/mol. The van der Waals surface area contributed by atoms with Crippen LogP contribution < -0.4 is 15.6 Å². The molecule has 1 aliphatic heterocycles. The lowest BCUT2D eigenvalue weighted by Gasteiger charge is -2.35. The number of benzene rings is 2. The molecule has 0 spiro atoms. The van der Waals surface area contributed by atoms with Gasteiger partial charge in [-0.05, 0) is 63.2 Å². The smallest absolute Gasteiger partial charge is 0.410 e. The van der Waals surface area contributed by atoms with E-state index in [1.54, 1.807) is 42.4 Å². The first-order valence-corrected chi connectivity index (χ1v) is 14.8. The highest BCUT2D eigenvalue weighted by atomic mass is 35.5. The average molecular weight is 626 g/mol. The van der Waals surface area contributed by atoms with Gasteiger partial charge in [0.15, 0.2) is 0 Å². The number of hydrogen-bond acceptors (Lipinski definition) is 8. The van der Waals surface area contributed by atoms with Gasteiger partial charge in [0.05, 0.1) is 15.6 Å². The predicted molar refractivity (Wildman–Crippen MR) is 170 cm³/mol. The summed E-state index contributed by atoms with van der Waals surface area (Å²) in [5.41, 5.74) is 1.36. The minimum absolute atomic E-state index is 0.261. The van der Waals surface area contributed by atoms with Gasteiger partial charge in [-0.25, -0.2) is 9.78 Å². The lowest BCUT2D eigenvalue weighted by atomic mass is 10.1. The summed E-state index contributed by atoms with van der Waals surface area (Å²) in [5.74, 6) is 1.09. The normalized spacial score (nSPS) is 14.1. The van der Waals surface area contributed by atoms with Crippen molar-refractivity contribution in [1.29, 1.82) is 0 Å². The Balaban J connectivity index is 1.16. The SMILES string of the molecule is Cn1c(=O)c(-c2c(Cl)cccc2Cl)cc2cnc(Nc3ccc(OCCN4CCN(C(=O)OC(C)(C)C)CC4)cc3)nc21. The van der Waals surface area contributed by atoms with Crippen molar-refractivity contribution >= 4 is 52.0 Å². The quantitative estimate of drug-likeness (QED) is 0.268. The summed E-state index contributed by atoms with van der Waals surface area (Å²) >= 11 is 12.7. The molecule has 0 bridgehead atoms. The molecule has 43 heavy (non-hydrogen) atoms. The van der Waals surface area contributed by atoms with Crippen LogP contribution >= 0.6 is 23.2 Å². The maximum absolute atomic E-state index is 13.2. The molecule has 0 unspecified atom stereocenters. The van der Waals surface area contributed by atoms with Gasteiger partial charge in [-0.3, -0.25) is 14.3 Å². The lowest BCUT2D eigenvalue weighted by Crippen LogP contribution is -2.50. The number of halogens is 2. The number of anilines is 2. The fraction of sp³-hybridized carbons (Fsp3) is 0.355. The third-order valence-corrected chi connectivity index (χ3v) is 7.62. The summed E-state index contributed by atoms with van der Waals surface area (Å²) < 4.78 is 12.9. The molecule has 10 nitrogen and oxygen atoms in total. The van der Waals surface area contributed by atoms with E-state index in [2.05, 4.69) is 20.2 Å². The second-order valence-corrected chi connectivity index (χ2v) is 12.1. The summed E-state index contributed by atoms with van der Waals surface area (Å²) in [4.78, 5) is 38.5. The Labute approximate surface area is 260 Å². The van der Waals surface area contributed by atoms with Crippen molar-refractivity contribution in [2.45, 2.75) is 26.4 Å². The van der Waals surface area contributed by atoms with E-state index in [0.29, 0.717) is 57.9 Å². The second-order valence-electron chi connectivity index (χ2n) is 11.3. The number of aryl methyl sites for hydroxylation is 1. The van der Waals surface area contributed by atoms with Gasteiger partial charge in [0.1, 0.15) is 23.6 Å². The first kappa shape index (κ1) is 30.6. The zero-order valence-corrected chi connectivity index (χ0v) is 26.1. The Kier molecular flexibility index (Phi) is 9.10. The highest BCUT2D eigenvalue weighted by Crippen LogP contribution is 2.33. The van der Waals surface area contributed by atoms with Gasteiger partial charge in [0.2, 0.25) is 5.95 Å². The molecular weight excluding hydrogens is 591 g/mol. The van der Waals surface area contributed by atoms with E-state index in [4.69, 9.17) is 32.7 Å². The number of ether oxygens (including phenoxy) is 2. The van der Waals surface area contributed by atoms with Crippen LogP contribution in [0.15, 0.2) is 59.5 Å². The molecule has 0 saturated carbocycles. The van der Waals surface area contributed by atoms with Gasteiger partial charge in [0.25, 0.3) is 5.56 Å². The summed E-state index contributed by atoms with van der Waals surface area (Å²) in [5, 5.41) is 4.65. The van der Waals surface area contributed by atoms with Gasteiger partial charge in [-0.2, -0.15) is 4.98 Å². The molecule has 1 fully saturated rings. The number of hydrogen-bond donors (Lipinski definition) is 1. The van der Waals surface area contributed by atoms with Crippen LogP contribution in [0.4, 0.5) is 16.4 Å². The van der Waals surface area contributed by atoms with Gasteiger partial charge in [-0.15, -0.1) is 0 Å². The average Bonchev–Trinajstić information content (AvgIpc) is 2.96. The van der Waals surface area contributed by atoms with Crippen LogP contribution in [0, 0.1) is 0 Å². The maximum atomic E-state index is 13.2. The van der Waals surface area contributed by atoms with Gasteiger partial charge < -0.3 is 19.7 Å². The highest BCUT2D eigenvalue weighted by Gasteiger charge is 2.25. The molecule has 2 aromatic heterocycles. The van der Waals surface area contributed by atoms with E-state index < -0.39 is 5.60 Å². The fourth-order valence-corrected chi connectivity index (χ4v) is 5.38. The third kappa shape index (κ3) is 7.38. The number of rotatable bonds is 7. The number of amides is 1. The largest absolute Gasteiger partial charge is 0.492 e. The Morgan fingerprint density at radius 2 is 1.70 bits per heavy atom. The summed E-state index contributed by atoms with van der Waals surface area (Å²) in [6.45, 7) is 9.73. The second kappa shape index (κ2) is 12.8. The van der Waals surface area contributed by atoms with Crippen molar-refractivity contribution < 1.29 is 14.3 Å². The third-order valence-electron chi connectivity index (χ3n) is 6.99. The molecule has 1 N–H and O–H groups in total. The van der Waals surface area contributed by atoms with Crippen LogP contribution in [-0.2, 0) is 11.8 Å². The van der Waals surface area contributed by atoms with Crippen molar-refractivity contribution in [3.8, 4) is 16.9 Å². The molecule has 0 radical (unpaired) electrons. The van der Waals surface area contributed by atoms with Crippen molar-refractivity contribution in [2.75, 3.05) is 44.6 Å². The predicted octanol–water partition coefficient (Wildman–Crippen LogP) is 5.98. The van der Waals surface area contributed by atoms with E-state index in [9.17, 15) is 9.59 Å². The van der Waals surface area contributed by atoms with Crippen molar-refractivity contribution in [2.24, 2.45) is 7.05 Å². The summed E-state index contributed by atoms with van der Waals surface area (Å²) in [6, 6.07) is 14.3. The molecule has 5 rings (SSSR count). The molecule has 0 atom stereocenters. The molecule has 0 aliphatic carbocycles. The van der Waals surface area contributed by atoms with E-state index >= 15 is 0 Å². The number of fused-ring (bicyclic) bond motifs is 1. The Morgan fingerprint density at radius 3 is 2.35 bits per heavy atom. The zero-order chi connectivity index (χ0) is 30.7. The number of piperazine rings is 1. The topological polar surface area (TPSA) is 102 Å². The first-order chi connectivity index (χ1) is 20.5. The number of carbonyl (C=O) groups is 1. The number of pyridine rings is 1. The van der Waals surface area contributed by atoms with Gasteiger partial charge in [0, 0.05) is 62.6 Å². The van der Waals surface area contributed by atoms with Gasteiger partial charge in [-0.1, -0.05) is 29.3 Å². The van der Waals surface area contributed by atoms with Gasteiger partial charge >= 0.3 is 6.09 Å². The van der Waals surface area contributed by atoms with Crippen molar-refractivity contribution in [1.82, 2.24) is 24.3 Å². The number of carbonyl (C=O) groups excluding carboxylic acids is 1. The van der Waals surface area contributed by atoms with E-state index in [1.807, 2.05) is 45.0 Å². The van der Waals surface area contributed by atoms with Crippen LogP contribution in [-0.4, -0.2) is 75.4 Å². The molecule has 2 aromatic carbocycles. The summed E-state index contributed by atoms with van der Waals surface area (Å²) in [6.07, 6.45) is 1.39. The molecule has 12 heteroatoms.